The van der Waals surface area contributed by atoms with Crippen LogP contribution in [0.4, 0.5) is 0 Å². The molecule has 0 fully saturated rings. The van der Waals surface area contributed by atoms with Crippen molar-refractivity contribution in [3.8, 4) is 17.2 Å². The van der Waals surface area contributed by atoms with Gasteiger partial charge in [-0.05, 0) is 82.2 Å². The summed E-state index contributed by atoms with van der Waals surface area (Å²) in [6.45, 7) is 9.52. The molecular weight excluding hydrogens is 594 g/mol. The lowest BCUT2D eigenvalue weighted by Gasteiger charge is -2.25. The molecule has 0 N–H and O–H groups in total. The Morgan fingerprint density at radius 1 is 0.978 bits per heavy atom. The summed E-state index contributed by atoms with van der Waals surface area (Å²) < 4.78 is 25.8. The number of allylic oxidation sites excluding steroid dienone is 1. The van der Waals surface area contributed by atoms with Crippen LogP contribution < -0.4 is 24.4 Å². The van der Waals surface area contributed by atoms with Gasteiger partial charge in [0.2, 0.25) is 0 Å². The zero-order valence-electron chi connectivity index (χ0n) is 26.1. The van der Waals surface area contributed by atoms with Gasteiger partial charge in [0.15, 0.2) is 22.9 Å². The lowest BCUT2D eigenvalue weighted by atomic mass is 9.95. The van der Waals surface area contributed by atoms with Crippen molar-refractivity contribution < 1.29 is 28.5 Å². The molecule has 0 spiro atoms. The van der Waals surface area contributed by atoms with E-state index in [1.165, 1.54) is 23.0 Å². The molecule has 11 heteroatoms. The van der Waals surface area contributed by atoms with Crippen LogP contribution in [0.15, 0.2) is 75.7 Å². The van der Waals surface area contributed by atoms with E-state index in [0.717, 1.165) is 22.6 Å². The first kappa shape index (κ1) is 31.5. The molecule has 0 radical (unpaired) electrons. The molecule has 4 aromatic rings. The molecule has 10 nitrogen and oxygen atoms in total. The van der Waals surface area contributed by atoms with Gasteiger partial charge in [-0.1, -0.05) is 35.6 Å². The standard InChI is InChI=1S/C34H35N3O7S/c1-7-42-27-17-23(14-15-26(27)44-19-29(38)41-6)31-30(33(40)43-8-2)21(4)35-34-37(31)32(39)28(45-34)18-24-16-20(3)36(22(24)5)25-12-10-9-11-13-25/h9-18,31H,7-8,19H2,1-6H3/b28-18+/t31-/m1/s1. The van der Waals surface area contributed by atoms with Gasteiger partial charge in [0.1, 0.15) is 0 Å². The number of rotatable bonds is 10. The summed E-state index contributed by atoms with van der Waals surface area (Å²) in [5.74, 6) is -0.424. The normalized spacial score (nSPS) is 14.5. The number of carbonyl (C=O) groups is 2. The molecule has 45 heavy (non-hydrogen) atoms. The number of esters is 2. The molecule has 0 saturated heterocycles. The highest BCUT2D eigenvalue weighted by molar-refractivity contribution is 7.07. The van der Waals surface area contributed by atoms with Gasteiger partial charge in [-0.3, -0.25) is 9.36 Å². The van der Waals surface area contributed by atoms with E-state index in [4.69, 9.17) is 14.2 Å². The van der Waals surface area contributed by atoms with Crippen LogP contribution in [-0.4, -0.2) is 48.0 Å². The molecule has 0 bridgehead atoms. The van der Waals surface area contributed by atoms with E-state index in [1.54, 1.807) is 32.0 Å². The van der Waals surface area contributed by atoms with E-state index in [2.05, 4.69) is 20.4 Å². The number of aryl methyl sites for hydroxylation is 1. The topological polar surface area (TPSA) is 110 Å². The van der Waals surface area contributed by atoms with E-state index in [1.807, 2.05) is 57.2 Å². The Labute approximate surface area is 264 Å². The van der Waals surface area contributed by atoms with Crippen molar-refractivity contribution in [2.45, 2.75) is 40.7 Å². The number of benzene rings is 2. The summed E-state index contributed by atoms with van der Waals surface area (Å²) in [6, 6.07) is 16.3. The smallest absolute Gasteiger partial charge is 0.343 e. The number of aromatic nitrogens is 2. The van der Waals surface area contributed by atoms with E-state index in [-0.39, 0.29) is 24.3 Å². The number of methoxy groups -OCH3 is 1. The van der Waals surface area contributed by atoms with Gasteiger partial charge in [0.05, 0.1) is 42.2 Å². The molecule has 0 aliphatic carbocycles. The summed E-state index contributed by atoms with van der Waals surface area (Å²) in [4.78, 5) is 44.4. The Bertz CT molecular complexity index is 1970. The maximum Gasteiger partial charge on any atom is 0.343 e. The number of carbonyl (C=O) groups excluding carboxylic acids is 2. The lowest BCUT2D eigenvalue weighted by Crippen LogP contribution is -2.40. The zero-order valence-corrected chi connectivity index (χ0v) is 26.9. The second kappa shape index (κ2) is 13.4. The fraction of sp³-hybridized carbons (Fsp3) is 0.294. The maximum absolute atomic E-state index is 14.2. The van der Waals surface area contributed by atoms with Crippen molar-refractivity contribution in [1.82, 2.24) is 9.13 Å². The molecule has 0 amide bonds. The number of hydrogen-bond acceptors (Lipinski definition) is 9. The van der Waals surface area contributed by atoms with E-state index < -0.39 is 18.0 Å². The Balaban J connectivity index is 1.67. The van der Waals surface area contributed by atoms with Crippen molar-refractivity contribution in [3.63, 3.8) is 0 Å². The minimum Gasteiger partial charge on any atom is -0.490 e. The summed E-state index contributed by atoms with van der Waals surface area (Å²) in [7, 11) is 1.28. The first-order valence-corrected chi connectivity index (χ1v) is 15.4. The highest BCUT2D eigenvalue weighted by Gasteiger charge is 2.34. The molecule has 0 unspecified atom stereocenters. The second-order valence-corrected chi connectivity index (χ2v) is 11.3. The number of fused-ring (bicyclic) bond motifs is 1. The second-order valence-electron chi connectivity index (χ2n) is 10.3. The molecule has 234 valence electrons. The Morgan fingerprint density at radius 2 is 1.73 bits per heavy atom. The van der Waals surface area contributed by atoms with E-state index in [9.17, 15) is 14.4 Å². The molecular formula is C34H35N3O7S. The molecule has 0 saturated carbocycles. The zero-order chi connectivity index (χ0) is 32.2. The minimum atomic E-state index is -0.840. The van der Waals surface area contributed by atoms with Crippen LogP contribution in [0, 0.1) is 13.8 Å². The van der Waals surface area contributed by atoms with Crippen LogP contribution in [0.25, 0.3) is 11.8 Å². The summed E-state index contributed by atoms with van der Waals surface area (Å²) >= 11 is 1.26. The van der Waals surface area contributed by atoms with Gasteiger partial charge in [-0.25, -0.2) is 14.6 Å². The average molecular weight is 630 g/mol. The molecule has 5 rings (SSSR count). The average Bonchev–Trinajstić information content (AvgIpc) is 3.49. The third kappa shape index (κ3) is 6.21. The largest absolute Gasteiger partial charge is 0.490 e. The van der Waals surface area contributed by atoms with Crippen molar-refractivity contribution in [2.75, 3.05) is 26.9 Å². The van der Waals surface area contributed by atoms with Crippen molar-refractivity contribution >= 4 is 29.4 Å². The molecule has 2 aromatic heterocycles. The van der Waals surface area contributed by atoms with Crippen molar-refractivity contribution in [3.05, 3.63) is 108 Å². The Hall–Kier alpha value is -4.90. The predicted molar refractivity (Wildman–Crippen MR) is 171 cm³/mol. The molecule has 2 aromatic carbocycles. The van der Waals surface area contributed by atoms with E-state index in [0.29, 0.717) is 38.7 Å². The van der Waals surface area contributed by atoms with Gasteiger partial charge < -0.3 is 23.5 Å². The van der Waals surface area contributed by atoms with Crippen LogP contribution in [0.3, 0.4) is 0 Å². The van der Waals surface area contributed by atoms with Crippen LogP contribution in [0.1, 0.15) is 49.3 Å². The third-order valence-electron chi connectivity index (χ3n) is 7.44. The maximum atomic E-state index is 14.2. The fourth-order valence-corrected chi connectivity index (χ4v) is 6.47. The summed E-state index contributed by atoms with van der Waals surface area (Å²) in [5, 5.41) is 0. The van der Waals surface area contributed by atoms with Gasteiger partial charge >= 0.3 is 11.9 Å². The highest BCUT2D eigenvalue weighted by atomic mass is 32.1. The van der Waals surface area contributed by atoms with Crippen LogP contribution in [-0.2, 0) is 19.1 Å². The summed E-state index contributed by atoms with van der Waals surface area (Å²) in [5.41, 5.74) is 4.99. The highest BCUT2D eigenvalue weighted by Crippen LogP contribution is 2.36. The van der Waals surface area contributed by atoms with Gasteiger partial charge in [0.25, 0.3) is 5.56 Å². The monoisotopic (exact) mass is 629 g/mol. The SMILES string of the molecule is CCOC(=O)C1=C(C)N=c2s/c(=C/c3cc(C)n(-c4ccccc4)c3C)c(=O)n2[C@@H]1c1ccc(OCC(=O)OC)c(OCC)c1. The number of nitrogens with zero attached hydrogens (tertiary/aromatic N) is 3. The van der Waals surface area contributed by atoms with Gasteiger partial charge in [0, 0.05) is 17.1 Å². The fourth-order valence-electron chi connectivity index (χ4n) is 5.43. The minimum absolute atomic E-state index is 0.161. The molecule has 3 heterocycles. The summed E-state index contributed by atoms with van der Waals surface area (Å²) in [6.07, 6.45) is 1.88. The quantitative estimate of drug-likeness (QED) is 0.243. The first-order chi connectivity index (χ1) is 21.7. The van der Waals surface area contributed by atoms with Crippen LogP contribution in [0.2, 0.25) is 0 Å². The number of para-hydroxylation sites is 1. The van der Waals surface area contributed by atoms with Gasteiger partial charge in [-0.2, -0.15) is 0 Å². The van der Waals surface area contributed by atoms with Crippen molar-refractivity contribution in [1.29, 1.82) is 0 Å². The predicted octanol–water partition coefficient (Wildman–Crippen LogP) is 4.16. The number of hydrogen-bond donors (Lipinski definition) is 0. The van der Waals surface area contributed by atoms with Crippen LogP contribution >= 0.6 is 11.3 Å². The van der Waals surface area contributed by atoms with E-state index >= 15 is 0 Å². The number of thiazole rings is 1. The van der Waals surface area contributed by atoms with Gasteiger partial charge in [-0.15, -0.1) is 0 Å². The van der Waals surface area contributed by atoms with Crippen molar-refractivity contribution in [2.24, 2.45) is 4.99 Å². The number of ether oxygens (including phenoxy) is 4. The lowest BCUT2D eigenvalue weighted by molar-refractivity contribution is -0.143. The molecule has 1 aliphatic rings. The Kier molecular flexibility index (Phi) is 9.38. The van der Waals surface area contributed by atoms with Crippen LogP contribution in [0.5, 0.6) is 11.5 Å². The Morgan fingerprint density at radius 3 is 2.42 bits per heavy atom. The third-order valence-corrected chi connectivity index (χ3v) is 8.43. The molecule has 1 atom stereocenters. The molecule has 1 aliphatic heterocycles. The first-order valence-electron chi connectivity index (χ1n) is 14.6.